The molecule has 0 aliphatic carbocycles. The van der Waals surface area contributed by atoms with Gasteiger partial charge in [0.15, 0.2) is 0 Å². The van der Waals surface area contributed by atoms with Crippen molar-refractivity contribution in [3.63, 3.8) is 0 Å². The lowest BCUT2D eigenvalue weighted by atomic mass is 10.0. The van der Waals surface area contributed by atoms with Gasteiger partial charge in [-0.3, -0.25) is 0 Å². The maximum absolute atomic E-state index is 13.3. The van der Waals surface area contributed by atoms with Crippen molar-refractivity contribution in [1.29, 1.82) is 0 Å². The number of nitrogens with two attached hydrogens (primary N) is 1. The number of hydrogen-bond acceptors (Lipinski definition) is 2. The number of halogens is 2. The minimum Gasteiger partial charge on any atom is -0.382 e. The van der Waals surface area contributed by atoms with E-state index in [1.807, 2.05) is 6.92 Å². The molecular formula is C12H17F2NO. The fourth-order valence-electron chi connectivity index (χ4n) is 1.50. The molecule has 0 bridgehead atoms. The SMILES string of the molecule is CCOCCCC(N)c1cc(F)ccc1F. The van der Waals surface area contributed by atoms with Crippen LogP contribution in [-0.2, 0) is 4.74 Å². The van der Waals surface area contributed by atoms with E-state index in [0.717, 1.165) is 24.6 Å². The van der Waals surface area contributed by atoms with Gasteiger partial charge in [-0.25, -0.2) is 8.78 Å². The molecule has 1 aromatic rings. The van der Waals surface area contributed by atoms with Gasteiger partial charge in [-0.1, -0.05) is 0 Å². The molecule has 16 heavy (non-hydrogen) atoms. The number of hydrogen-bond donors (Lipinski definition) is 1. The Kier molecular flexibility index (Phi) is 5.35. The van der Waals surface area contributed by atoms with Crippen LogP contribution in [0.25, 0.3) is 0 Å². The van der Waals surface area contributed by atoms with Gasteiger partial charge in [0.1, 0.15) is 11.6 Å². The predicted molar refractivity (Wildman–Crippen MR) is 59.0 cm³/mol. The van der Waals surface area contributed by atoms with Gasteiger partial charge >= 0.3 is 0 Å². The van der Waals surface area contributed by atoms with Crippen LogP contribution in [0.4, 0.5) is 8.78 Å². The maximum Gasteiger partial charge on any atom is 0.128 e. The average Bonchev–Trinajstić information content (AvgIpc) is 2.27. The highest BCUT2D eigenvalue weighted by molar-refractivity contribution is 5.21. The highest BCUT2D eigenvalue weighted by Crippen LogP contribution is 2.20. The van der Waals surface area contributed by atoms with Crippen molar-refractivity contribution in [1.82, 2.24) is 0 Å². The Morgan fingerprint density at radius 3 is 2.81 bits per heavy atom. The van der Waals surface area contributed by atoms with Crippen LogP contribution in [0.5, 0.6) is 0 Å². The van der Waals surface area contributed by atoms with Crippen molar-refractivity contribution in [2.45, 2.75) is 25.8 Å². The lowest BCUT2D eigenvalue weighted by Gasteiger charge is -2.12. The standard InChI is InChI=1S/C12H17F2NO/c1-2-16-7-3-4-12(15)10-8-9(13)5-6-11(10)14/h5-6,8,12H,2-4,7,15H2,1H3. The minimum atomic E-state index is -0.476. The zero-order valence-corrected chi connectivity index (χ0v) is 9.38. The second kappa shape index (κ2) is 6.55. The van der Waals surface area contributed by atoms with Crippen molar-refractivity contribution in [3.8, 4) is 0 Å². The normalized spacial score (nSPS) is 12.8. The van der Waals surface area contributed by atoms with E-state index in [2.05, 4.69) is 0 Å². The first-order valence-corrected chi connectivity index (χ1v) is 5.43. The van der Waals surface area contributed by atoms with E-state index in [1.165, 1.54) is 0 Å². The molecule has 0 saturated carbocycles. The number of rotatable bonds is 6. The van der Waals surface area contributed by atoms with E-state index >= 15 is 0 Å². The van der Waals surface area contributed by atoms with Crippen LogP contribution in [0.15, 0.2) is 18.2 Å². The molecule has 0 spiro atoms. The zero-order chi connectivity index (χ0) is 12.0. The fraction of sp³-hybridized carbons (Fsp3) is 0.500. The Bertz CT molecular complexity index is 331. The summed E-state index contributed by atoms with van der Waals surface area (Å²) >= 11 is 0. The molecule has 0 aliphatic rings. The molecule has 0 saturated heterocycles. The van der Waals surface area contributed by atoms with E-state index in [0.29, 0.717) is 19.6 Å². The van der Waals surface area contributed by atoms with E-state index < -0.39 is 17.7 Å². The second-order valence-corrected chi connectivity index (χ2v) is 3.61. The molecule has 0 amide bonds. The van der Waals surface area contributed by atoms with Gasteiger partial charge in [-0.05, 0) is 38.0 Å². The minimum absolute atomic E-state index is 0.233. The molecule has 0 heterocycles. The van der Waals surface area contributed by atoms with E-state index in [1.54, 1.807) is 0 Å². The highest BCUT2D eigenvalue weighted by atomic mass is 19.1. The summed E-state index contributed by atoms with van der Waals surface area (Å²) < 4.78 is 31.4. The van der Waals surface area contributed by atoms with Crippen molar-refractivity contribution < 1.29 is 13.5 Å². The summed E-state index contributed by atoms with van der Waals surface area (Å²) in [5.74, 6) is -0.915. The molecule has 1 aromatic carbocycles. The Labute approximate surface area is 94.4 Å². The van der Waals surface area contributed by atoms with Gasteiger partial charge in [-0.15, -0.1) is 0 Å². The third-order valence-corrected chi connectivity index (χ3v) is 2.37. The number of ether oxygens (including phenoxy) is 1. The zero-order valence-electron chi connectivity index (χ0n) is 9.38. The van der Waals surface area contributed by atoms with Crippen LogP contribution in [0.3, 0.4) is 0 Å². The van der Waals surface area contributed by atoms with E-state index in [9.17, 15) is 8.78 Å². The first-order chi connectivity index (χ1) is 7.65. The average molecular weight is 229 g/mol. The summed E-state index contributed by atoms with van der Waals surface area (Å²) in [7, 11) is 0. The van der Waals surface area contributed by atoms with Crippen molar-refractivity contribution >= 4 is 0 Å². The molecule has 0 fully saturated rings. The molecule has 4 heteroatoms. The van der Waals surface area contributed by atoms with E-state index in [4.69, 9.17) is 10.5 Å². The monoisotopic (exact) mass is 229 g/mol. The molecule has 2 N–H and O–H groups in total. The van der Waals surface area contributed by atoms with Crippen molar-refractivity contribution in [2.24, 2.45) is 5.73 Å². The predicted octanol–water partition coefficient (Wildman–Crippen LogP) is 2.78. The quantitative estimate of drug-likeness (QED) is 0.761. The molecule has 0 radical (unpaired) electrons. The van der Waals surface area contributed by atoms with Gasteiger partial charge in [0, 0.05) is 24.8 Å². The number of benzene rings is 1. The maximum atomic E-state index is 13.3. The van der Waals surface area contributed by atoms with E-state index in [-0.39, 0.29) is 5.56 Å². The summed E-state index contributed by atoms with van der Waals surface area (Å²) in [6.07, 6.45) is 1.32. The first-order valence-electron chi connectivity index (χ1n) is 5.43. The molecule has 2 nitrogen and oxygen atoms in total. The lowest BCUT2D eigenvalue weighted by molar-refractivity contribution is 0.142. The largest absolute Gasteiger partial charge is 0.382 e. The molecule has 0 aliphatic heterocycles. The van der Waals surface area contributed by atoms with Crippen molar-refractivity contribution in [2.75, 3.05) is 13.2 Å². The van der Waals surface area contributed by atoms with Gasteiger partial charge in [0.25, 0.3) is 0 Å². The second-order valence-electron chi connectivity index (χ2n) is 3.61. The summed E-state index contributed by atoms with van der Waals surface area (Å²) in [4.78, 5) is 0. The Balaban J connectivity index is 2.51. The summed E-state index contributed by atoms with van der Waals surface area (Å²) in [5.41, 5.74) is 6.02. The smallest absolute Gasteiger partial charge is 0.128 e. The van der Waals surface area contributed by atoms with Crippen LogP contribution in [0.1, 0.15) is 31.4 Å². The Hall–Kier alpha value is -1.00. The van der Waals surface area contributed by atoms with Gasteiger partial charge in [0.2, 0.25) is 0 Å². The topological polar surface area (TPSA) is 35.2 Å². The molecular weight excluding hydrogens is 212 g/mol. The Morgan fingerprint density at radius 1 is 1.38 bits per heavy atom. The molecule has 90 valence electrons. The molecule has 1 unspecified atom stereocenters. The van der Waals surface area contributed by atoms with Gasteiger partial charge in [0.05, 0.1) is 0 Å². The van der Waals surface area contributed by atoms with Crippen LogP contribution in [0.2, 0.25) is 0 Å². The molecule has 1 rings (SSSR count). The summed E-state index contributed by atoms with van der Waals surface area (Å²) in [5, 5.41) is 0. The van der Waals surface area contributed by atoms with Crippen molar-refractivity contribution in [3.05, 3.63) is 35.4 Å². The third-order valence-electron chi connectivity index (χ3n) is 2.37. The molecule has 0 aromatic heterocycles. The molecule has 1 atom stereocenters. The fourth-order valence-corrected chi connectivity index (χ4v) is 1.50. The lowest BCUT2D eigenvalue weighted by Crippen LogP contribution is -2.13. The highest BCUT2D eigenvalue weighted by Gasteiger charge is 2.11. The summed E-state index contributed by atoms with van der Waals surface area (Å²) in [6.45, 7) is 3.16. The van der Waals surface area contributed by atoms with Crippen LogP contribution >= 0.6 is 0 Å². The van der Waals surface area contributed by atoms with Crippen LogP contribution in [0, 0.1) is 11.6 Å². The Morgan fingerprint density at radius 2 is 2.12 bits per heavy atom. The van der Waals surface area contributed by atoms with Gasteiger partial charge < -0.3 is 10.5 Å². The first kappa shape index (κ1) is 13.1. The van der Waals surface area contributed by atoms with Gasteiger partial charge in [-0.2, -0.15) is 0 Å². The van der Waals surface area contributed by atoms with Crippen LogP contribution in [-0.4, -0.2) is 13.2 Å². The van der Waals surface area contributed by atoms with Crippen LogP contribution < -0.4 is 5.73 Å². The summed E-state index contributed by atoms with van der Waals surface area (Å²) in [6, 6.07) is 2.87. The third kappa shape index (κ3) is 3.87.